The number of nitriles is 1. The van der Waals surface area contributed by atoms with Crippen molar-refractivity contribution in [2.24, 2.45) is 0 Å². The molecule has 3 heteroatoms. The predicted molar refractivity (Wildman–Crippen MR) is 59.0 cm³/mol. The van der Waals surface area contributed by atoms with Crippen molar-refractivity contribution in [3.63, 3.8) is 0 Å². The van der Waals surface area contributed by atoms with E-state index in [2.05, 4.69) is 28.1 Å². The standard InChI is InChI=1S/C10H6BrNS/c1-6-7(5-12)4-9(11)10-8(6)2-3-13-10/h2-4H,1H3. The van der Waals surface area contributed by atoms with Crippen LogP contribution in [0.25, 0.3) is 10.1 Å². The molecule has 0 spiro atoms. The zero-order chi connectivity index (χ0) is 9.42. The van der Waals surface area contributed by atoms with E-state index in [0.717, 1.165) is 15.6 Å². The second-order valence-corrected chi connectivity index (χ2v) is 4.58. The lowest BCUT2D eigenvalue weighted by molar-refractivity contribution is 1.43. The van der Waals surface area contributed by atoms with E-state index in [0.29, 0.717) is 0 Å². The average Bonchev–Trinajstić information content (AvgIpc) is 2.60. The number of hydrogen-bond donors (Lipinski definition) is 0. The summed E-state index contributed by atoms with van der Waals surface area (Å²) < 4.78 is 2.23. The Bertz CT molecular complexity index is 507. The summed E-state index contributed by atoms with van der Waals surface area (Å²) in [4.78, 5) is 0. The van der Waals surface area contributed by atoms with Crippen LogP contribution < -0.4 is 0 Å². The highest BCUT2D eigenvalue weighted by Crippen LogP contribution is 2.33. The van der Waals surface area contributed by atoms with Gasteiger partial charge in [0.1, 0.15) is 0 Å². The van der Waals surface area contributed by atoms with Gasteiger partial charge in [0.15, 0.2) is 0 Å². The van der Waals surface area contributed by atoms with Crippen LogP contribution in [-0.2, 0) is 0 Å². The van der Waals surface area contributed by atoms with Gasteiger partial charge in [0.05, 0.1) is 11.6 Å². The van der Waals surface area contributed by atoms with E-state index >= 15 is 0 Å². The second kappa shape index (κ2) is 3.13. The Morgan fingerprint density at radius 3 is 3.00 bits per heavy atom. The fourth-order valence-corrected chi connectivity index (χ4v) is 2.93. The highest BCUT2D eigenvalue weighted by Gasteiger charge is 2.07. The molecule has 1 aromatic carbocycles. The van der Waals surface area contributed by atoms with Gasteiger partial charge < -0.3 is 0 Å². The predicted octanol–water partition coefficient (Wildman–Crippen LogP) is 3.84. The maximum Gasteiger partial charge on any atom is 0.0995 e. The summed E-state index contributed by atoms with van der Waals surface area (Å²) in [5, 5.41) is 12.1. The third-order valence-electron chi connectivity index (χ3n) is 2.08. The van der Waals surface area contributed by atoms with Gasteiger partial charge in [-0.3, -0.25) is 0 Å². The van der Waals surface area contributed by atoms with E-state index < -0.39 is 0 Å². The van der Waals surface area contributed by atoms with Gasteiger partial charge in [0.2, 0.25) is 0 Å². The van der Waals surface area contributed by atoms with Gasteiger partial charge in [-0.05, 0) is 51.3 Å². The Balaban J connectivity index is 2.95. The monoisotopic (exact) mass is 251 g/mol. The van der Waals surface area contributed by atoms with Gasteiger partial charge in [-0.2, -0.15) is 5.26 Å². The SMILES string of the molecule is Cc1c(C#N)cc(Br)c2sccc12. The minimum Gasteiger partial charge on any atom is -0.192 e. The van der Waals surface area contributed by atoms with Crippen LogP contribution in [0.2, 0.25) is 0 Å². The number of thiophene rings is 1. The number of rotatable bonds is 0. The van der Waals surface area contributed by atoms with Crippen LogP contribution in [0.15, 0.2) is 22.0 Å². The third kappa shape index (κ3) is 1.27. The van der Waals surface area contributed by atoms with Gasteiger partial charge in [0.25, 0.3) is 0 Å². The van der Waals surface area contributed by atoms with Gasteiger partial charge in [-0.1, -0.05) is 0 Å². The van der Waals surface area contributed by atoms with E-state index in [4.69, 9.17) is 5.26 Å². The Morgan fingerprint density at radius 1 is 1.54 bits per heavy atom. The molecule has 13 heavy (non-hydrogen) atoms. The zero-order valence-corrected chi connectivity index (χ0v) is 9.37. The van der Waals surface area contributed by atoms with Crippen LogP contribution in [0.1, 0.15) is 11.1 Å². The van der Waals surface area contributed by atoms with Crippen LogP contribution in [-0.4, -0.2) is 0 Å². The van der Waals surface area contributed by atoms with E-state index in [-0.39, 0.29) is 0 Å². The van der Waals surface area contributed by atoms with Crippen LogP contribution in [0.4, 0.5) is 0 Å². The molecule has 0 amide bonds. The Morgan fingerprint density at radius 2 is 2.31 bits per heavy atom. The minimum atomic E-state index is 0.748. The molecular weight excluding hydrogens is 246 g/mol. The number of benzene rings is 1. The van der Waals surface area contributed by atoms with Gasteiger partial charge in [-0.15, -0.1) is 11.3 Å². The lowest BCUT2D eigenvalue weighted by atomic mass is 10.1. The number of hydrogen-bond acceptors (Lipinski definition) is 2. The van der Waals surface area contributed by atoms with Crippen molar-refractivity contribution in [1.29, 1.82) is 5.26 Å². The van der Waals surface area contributed by atoms with Gasteiger partial charge in [0, 0.05) is 9.17 Å². The quantitative estimate of drug-likeness (QED) is 0.698. The lowest BCUT2D eigenvalue weighted by Gasteiger charge is -2.00. The molecule has 0 N–H and O–H groups in total. The van der Waals surface area contributed by atoms with Crippen LogP contribution in [0, 0.1) is 18.3 Å². The maximum atomic E-state index is 8.87. The normalized spacial score (nSPS) is 10.2. The van der Waals surface area contributed by atoms with Crippen molar-refractivity contribution in [1.82, 2.24) is 0 Å². The summed E-state index contributed by atoms with van der Waals surface area (Å²) in [5.41, 5.74) is 1.82. The molecule has 2 rings (SSSR count). The molecule has 0 aliphatic carbocycles. The lowest BCUT2D eigenvalue weighted by Crippen LogP contribution is -1.82. The van der Waals surface area contributed by atoms with Crippen molar-refractivity contribution in [2.75, 3.05) is 0 Å². The molecule has 0 saturated carbocycles. The largest absolute Gasteiger partial charge is 0.192 e. The van der Waals surface area contributed by atoms with Crippen LogP contribution >= 0.6 is 27.3 Å². The summed E-state index contributed by atoms with van der Waals surface area (Å²) in [7, 11) is 0. The molecule has 0 aliphatic rings. The summed E-state index contributed by atoms with van der Waals surface area (Å²) in [6.45, 7) is 1.99. The fraction of sp³-hybridized carbons (Fsp3) is 0.100. The molecule has 0 aliphatic heterocycles. The third-order valence-corrected chi connectivity index (χ3v) is 3.92. The van der Waals surface area contributed by atoms with Crippen molar-refractivity contribution >= 4 is 37.4 Å². The molecule has 1 heterocycles. The molecule has 0 radical (unpaired) electrons. The van der Waals surface area contributed by atoms with Crippen LogP contribution in [0.3, 0.4) is 0 Å². The topological polar surface area (TPSA) is 23.8 Å². The smallest absolute Gasteiger partial charge is 0.0995 e. The molecule has 0 saturated heterocycles. The highest BCUT2D eigenvalue weighted by molar-refractivity contribution is 9.10. The molecule has 0 atom stereocenters. The first-order chi connectivity index (χ1) is 6.24. The summed E-state index contributed by atoms with van der Waals surface area (Å²) >= 11 is 5.15. The molecule has 0 bridgehead atoms. The first-order valence-corrected chi connectivity index (χ1v) is 5.47. The average molecular weight is 252 g/mol. The van der Waals surface area contributed by atoms with Crippen molar-refractivity contribution in [2.45, 2.75) is 6.92 Å². The molecule has 0 unspecified atom stereocenters. The number of aryl methyl sites for hydroxylation is 1. The van der Waals surface area contributed by atoms with E-state index in [1.165, 1.54) is 10.1 Å². The number of nitrogens with zero attached hydrogens (tertiary/aromatic N) is 1. The second-order valence-electron chi connectivity index (χ2n) is 2.81. The minimum absolute atomic E-state index is 0.748. The van der Waals surface area contributed by atoms with E-state index in [1.54, 1.807) is 11.3 Å². The number of fused-ring (bicyclic) bond motifs is 1. The van der Waals surface area contributed by atoms with Crippen molar-refractivity contribution in [3.05, 3.63) is 33.1 Å². The van der Waals surface area contributed by atoms with Crippen LogP contribution in [0.5, 0.6) is 0 Å². The maximum absolute atomic E-state index is 8.87. The summed E-state index contributed by atoms with van der Waals surface area (Å²) in [6, 6.07) is 6.13. The van der Waals surface area contributed by atoms with E-state index in [9.17, 15) is 0 Å². The first-order valence-electron chi connectivity index (χ1n) is 3.80. The molecule has 0 fully saturated rings. The summed E-state index contributed by atoms with van der Waals surface area (Å²) in [5.74, 6) is 0. The Hall–Kier alpha value is -0.850. The Kier molecular flexibility index (Phi) is 2.10. The van der Waals surface area contributed by atoms with Gasteiger partial charge >= 0.3 is 0 Å². The number of halogens is 1. The Labute approximate surface area is 88.7 Å². The zero-order valence-electron chi connectivity index (χ0n) is 6.97. The molecule has 1 nitrogen and oxygen atoms in total. The van der Waals surface area contributed by atoms with Gasteiger partial charge in [-0.25, -0.2) is 0 Å². The van der Waals surface area contributed by atoms with Crippen molar-refractivity contribution < 1.29 is 0 Å². The molecular formula is C10H6BrNS. The molecule has 64 valence electrons. The van der Waals surface area contributed by atoms with Crippen molar-refractivity contribution in [3.8, 4) is 6.07 Å². The highest BCUT2D eigenvalue weighted by atomic mass is 79.9. The summed E-state index contributed by atoms with van der Waals surface area (Å²) in [6.07, 6.45) is 0. The fourth-order valence-electron chi connectivity index (χ4n) is 1.35. The molecule has 1 aromatic heterocycles. The van der Waals surface area contributed by atoms with E-state index in [1.807, 2.05) is 18.4 Å². The first kappa shape index (κ1) is 8.74. The molecule has 2 aromatic rings.